The topological polar surface area (TPSA) is 95.9 Å². The SMILES string of the molecule is O=C(CN1CCCCCCC1=O)NCC1(C(=O)O)CCOCC1. The van der Waals surface area contributed by atoms with Crippen LogP contribution in [0.25, 0.3) is 0 Å². The van der Waals surface area contributed by atoms with Gasteiger partial charge < -0.3 is 20.1 Å². The number of carboxylic acid groups (broad SMARTS) is 1. The van der Waals surface area contributed by atoms with Crippen molar-refractivity contribution in [1.29, 1.82) is 0 Å². The molecule has 2 N–H and O–H groups in total. The van der Waals surface area contributed by atoms with E-state index in [0.717, 1.165) is 25.7 Å². The minimum atomic E-state index is -0.950. The quantitative estimate of drug-likeness (QED) is 0.778. The summed E-state index contributed by atoms with van der Waals surface area (Å²) in [5, 5.41) is 12.2. The van der Waals surface area contributed by atoms with Gasteiger partial charge in [-0.3, -0.25) is 14.4 Å². The smallest absolute Gasteiger partial charge is 0.311 e. The molecule has 0 aromatic carbocycles. The Labute approximate surface area is 136 Å². The van der Waals surface area contributed by atoms with Gasteiger partial charge in [0, 0.05) is 32.7 Å². The number of aliphatic carboxylic acids is 1. The molecule has 0 aromatic rings. The highest BCUT2D eigenvalue weighted by molar-refractivity contribution is 5.85. The maximum Gasteiger partial charge on any atom is 0.311 e. The Hall–Kier alpha value is -1.63. The Bertz CT molecular complexity index is 446. The highest BCUT2D eigenvalue weighted by Gasteiger charge is 2.40. The molecule has 2 aliphatic heterocycles. The number of ether oxygens (including phenoxy) is 1. The van der Waals surface area contributed by atoms with E-state index in [1.807, 2.05) is 0 Å². The number of hydrogen-bond acceptors (Lipinski definition) is 4. The lowest BCUT2D eigenvalue weighted by molar-refractivity contribution is -0.155. The third kappa shape index (κ3) is 4.92. The Morgan fingerprint density at radius 1 is 1.17 bits per heavy atom. The standard InChI is InChI=1S/C16H26N2O5/c19-13(11-18-8-4-2-1-3-5-14(18)20)17-12-16(15(21)22)6-9-23-10-7-16/h1-12H2,(H,17,19)(H,21,22). The van der Waals surface area contributed by atoms with Gasteiger partial charge in [0.25, 0.3) is 0 Å². The van der Waals surface area contributed by atoms with Gasteiger partial charge in [0.2, 0.25) is 11.8 Å². The van der Waals surface area contributed by atoms with Gasteiger partial charge in [-0.2, -0.15) is 0 Å². The van der Waals surface area contributed by atoms with Gasteiger partial charge in [-0.15, -0.1) is 0 Å². The maximum absolute atomic E-state index is 12.1. The maximum atomic E-state index is 12.1. The van der Waals surface area contributed by atoms with Crippen LogP contribution in [0.5, 0.6) is 0 Å². The Balaban J connectivity index is 1.85. The van der Waals surface area contributed by atoms with Crippen molar-refractivity contribution in [3.8, 4) is 0 Å². The first-order valence-corrected chi connectivity index (χ1v) is 8.39. The highest BCUT2D eigenvalue weighted by Crippen LogP contribution is 2.30. The largest absolute Gasteiger partial charge is 0.481 e. The minimum absolute atomic E-state index is 0.0128. The number of rotatable bonds is 5. The minimum Gasteiger partial charge on any atom is -0.481 e. The van der Waals surface area contributed by atoms with E-state index >= 15 is 0 Å². The molecule has 0 saturated carbocycles. The van der Waals surface area contributed by atoms with Crippen LogP contribution in [0.1, 0.15) is 44.9 Å². The monoisotopic (exact) mass is 326 g/mol. The van der Waals surface area contributed by atoms with Crippen LogP contribution in [-0.2, 0) is 19.1 Å². The van der Waals surface area contributed by atoms with Crippen LogP contribution in [0.4, 0.5) is 0 Å². The molecule has 2 aliphatic rings. The van der Waals surface area contributed by atoms with E-state index in [-0.39, 0.29) is 24.9 Å². The van der Waals surface area contributed by atoms with E-state index in [2.05, 4.69) is 5.32 Å². The van der Waals surface area contributed by atoms with Crippen LogP contribution in [0.3, 0.4) is 0 Å². The molecule has 0 atom stereocenters. The van der Waals surface area contributed by atoms with Gasteiger partial charge in [0.15, 0.2) is 0 Å². The summed E-state index contributed by atoms with van der Waals surface area (Å²) in [6.07, 6.45) is 5.21. The molecule has 2 rings (SSSR count). The highest BCUT2D eigenvalue weighted by atomic mass is 16.5. The lowest BCUT2D eigenvalue weighted by Gasteiger charge is -2.33. The molecule has 23 heavy (non-hydrogen) atoms. The summed E-state index contributed by atoms with van der Waals surface area (Å²) < 4.78 is 5.21. The second kappa shape index (κ2) is 8.29. The number of hydrogen-bond donors (Lipinski definition) is 2. The molecule has 2 heterocycles. The molecule has 7 heteroatoms. The van der Waals surface area contributed by atoms with Crippen molar-refractivity contribution in [2.45, 2.75) is 44.9 Å². The molecule has 2 saturated heterocycles. The molecule has 2 amide bonds. The number of likely N-dealkylation sites (tertiary alicyclic amines) is 1. The number of nitrogens with zero attached hydrogens (tertiary/aromatic N) is 1. The summed E-state index contributed by atoms with van der Waals surface area (Å²) in [4.78, 5) is 37.3. The third-order valence-electron chi connectivity index (χ3n) is 4.78. The predicted molar refractivity (Wildman–Crippen MR) is 82.8 cm³/mol. The fourth-order valence-electron chi connectivity index (χ4n) is 3.11. The van der Waals surface area contributed by atoms with Gasteiger partial charge in [-0.25, -0.2) is 0 Å². The first kappa shape index (κ1) is 17.7. The summed E-state index contributed by atoms with van der Waals surface area (Å²) >= 11 is 0. The first-order valence-electron chi connectivity index (χ1n) is 8.39. The number of nitrogens with one attached hydrogen (secondary N) is 1. The molecule has 7 nitrogen and oxygen atoms in total. The first-order chi connectivity index (χ1) is 11.0. The fourth-order valence-corrected chi connectivity index (χ4v) is 3.11. The fraction of sp³-hybridized carbons (Fsp3) is 0.812. The van der Waals surface area contributed by atoms with Crippen LogP contribution >= 0.6 is 0 Å². The third-order valence-corrected chi connectivity index (χ3v) is 4.78. The van der Waals surface area contributed by atoms with Crippen molar-refractivity contribution < 1.29 is 24.2 Å². The molecule has 0 bridgehead atoms. The van der Waals surface area contributed by atoms with Crippen LogP contribution < -0.4 is 5.32 Å². The van der Waals surface area contributed by atoms with Gasteiger partial charge in [0.1, 0.15) is 0 Å². The molecular formula is C16H26N2O5. The van der Waals surface area contributed by atoms with Crippen molar-refractivity contribution in [2.75, 3.05) is 32.8 Å². The molecular weight excluding hydrogens is 300 g/mol. The van der Waals surface area contributed by atoms with Crippen molar-refractivity contribution in [3.63, 3.8) is 0 Å². The summed E-state index contributed by atoms with van der Waals surface area (Å²) in [5.74, 6) is -1.17. The molecule has 0 aromatic heterocycles. The Kier molecular flexibility index (Phi) is 6.38. The predicted octanol–water partition coefficient (Wildman–Crippen LogP) is 0.777. The molecule has 0 unspecified atom stereocenters. The van der Waals surface area contributed by atoms with Crippen LogP contribution in [0, 0.1) is 5.41 Å². The average Bonchev–Trinajstić information content (AvgIpc) is 2.53. The second-order valence-corrected chi connectivity index (χ2v) is 6.45. The van der Waals surface area contributed by atoms with Crippen molar-refractivity contribution in [1.82, 2.24) is 10.2 Å². The van der Waals surface area contributed by atoms with E-state index < -0.39 is 11.4 Å². The van der Waals surface area contributed by atoms with Crippen LogP contribution in [-0.4, -0.2) is 60.6 Å². The van der Waals surface area contributed by atoms with E-state index in [9.17, 15) is 19.5 Å². The average molecular weight is 326 g/mol. The Morgan fingerprint density at radius 2 is 1.87 bits per heavy atom. The second-order valence-electron chi connectivity index (χ2n) is 6.45. The number of carbonyl (C=O) groups is 3. The van der Waals surface area contributed by atoms with Gasteiger partial charge in [-0.1, -0.05) is 12.8 Å². The number of carbonyl (C=O) groups excluding carboxylic acids is 2. The van der Waals surface area contributed by atoms with E-state index in [1.165, 1.54) is 0 Å². The zero-order valence-electron chi connectivity index (χ0n) is 13.5. The Morgan fingerprint density at radius 3 is 2.57 bits per heavy atom. The molecule has 0 spiro atoms. The summed E-state index contributed by atoms with van der Waals surface area (Å²) in [6.45, 7) is 1.50. The van der Waals surface area contributed by atoms with E-state index in [4.69, 9.17) is 4.74 Å². The normalized spacial score (nSPS) is 22.1. The van der Waals surface area contributed by atoms with E-state index in [1.54, 1.807) is 4.90 Å². The van der Waals surface area contributed by atoms with Crippen molar-refractivity contribution >= 4 is 17.8 Å². The molecule has 130 valence electrons. The van der Waals surface area contributed by atoms with Gasteiger partial charge >= 0.3 is 5.97 Å². The van der Waals surface area contributed by atoms with Gasteiger partial charge in [0.05, 0.1) is 12.0 Å². The zero-order valence-corrected chi connectivity index (χ0v) is 13.5. The van der Waals surface area contributed by atoms with Crippen molar-refractivity contribution in [2.24, 2.45) is 5.41 Å². The zero-order chi connectivity index (χ0) is 16.7. The van der Waals surface area contributed by atoms with Gasteiger partial charge in [-0.05, 0) is 25.7 Å². The lowest BCUT2D eigenvalue weighted by atomic mass is 9.80. The summed E-state index contributed by atoms with van der Waals surface area (Å²) in [7, 11) is 0. The summed E-state index contributed by atoms with van der Waals surface area (Å²) in [6, 6.07) is 0. The lowest BCUT2D eigenvalue weighted by Crippen LogP contribution is -2.49. The van der Waals surface area contributed by atoms with Crippen LogP contribution in [0.2, 0.25) is 0 Å². The van der Waals surface area contributed by atoms with Crippen molar-refractivity contribution in [3.05, 3.63) is 0 Å². The molecule has 2 fully saturated rings. The summed E-state index contributed by atoms with van der Waals surface area (Å²) in [5.41, 5.74) is -0.950. The van der Waals surface area contributed by atoms with Crippen LogP contribution in [0.15, 0.2) is 0 Å². The molecule has 0 aliphatic carbocycles. The molecule has 0 radical (unpaired) electrons. The number of amides is 2. The van der Waals surface area contributed by atoms with E-state index in [0.29, 0.717) is 39.0 Å². The number of carboxylic acids is 1.